The Hall–Kier alpha value is -2.08. The van der Waals surface area contributed by atoms with E-state index >= 15 is 0 Å². The Kier molecular flexibility index (Phi) is 5.51. The van der Waals surface area contributed by atoms with Crippen LogP contribution in [0.15, 0.2) is 41.5 Å². The number of hydrogen-bond acceptors (Lipinski definition) is 5. The van der Waals surface area contributed by atoms with Gasteiger partial charge in [-0.2, -0.15) is 0 Å². The highest BCUT2D eigenvalue weighted by Crippen LogP contribution is 2.37. The van der Waals surface area contributed by atoms with Crippen LogP contribution < -0.4 is 10.5 Å². The Morgan fingerprint density at radius 2 is 2.15 bits per heavy atom. The van der Waals surface area contributed by atoms with Gasteiger partial charge in [-0.05, 0) is 51.0 Å². The zero-order valence-corrected chi connectivity index (χ0v) is 16.1. The van der Waals surface area contributed by atoms with Crippen molar-refractivity contribution in [2.75, 3.05) is 5.75 Å². The van der Waals surface area contributed by atoms with E-state index in [1.807, 2.05) is 39.0 Å². The largest absolute Gasteiger partial charge is 0.489 e. The summed E-state index contributed by atoms with van der Waals surface area (Å²) in [5.74, 6) is 1.34. The number of amidine groups is 1. The third-order valence-corrected chi connectivity index (χ3v) is 5.18. The van der Waals surface area contributed by atoms with Crippen LogP contribution in [0.4, 0.5) is 4.39 Å². The molecule has 1 aliphatic heterocycles. The molecule has 6 heteroatoms. The van der Waals surface area contributed by atoms with Gasteiger partial charge in [-0.1, -0.05) is 23.9 Å². The summed E-state index contributed by atoms with van der Waals surface area (Å²) < 4.78 is 20.4. The van der Waals surface area contributed by atoms with Crippen molar-refractivity contribution in [2.45, 2.75) is 45.3 Å². The second kappa shape index (κ2) is 7.66. The summed E-state index contributed by atoms with van der Waals surface area (Å²) in [6, 6.07) is 8.96. The number of ether oxygens (including phenoxy) is 1. The highest BCUT2D eigenvalue weighted by Gasteiger charge is 2.32. The summed E-state index contributed by atoms with van der Waals surface area (Å²) in [4.78, 5) is 8.98. The monoisotopic (exact) mass is 373 g/mol. The third-order valence-electron chi connectivity index (χ3n) is 4.39. The standard InChI is InChI=1S/C20H24FN3OS/c1-13(2)25-18-5-4-9-23-17(18)12-14-6-7-16(21)15(11-14)20(3)8-10-26-19(22)24-20/h4-7,9,11,13H,8,10,12H2,1-3H3,(H2,22,24)/t20-/m0/s1. The Bertz CT molecular complexity index is 824. The molecule has 0 amide bonds. The van der Waals surface area contributed by atoms with Crippen LogP contribution in [0.3, 0.4) is 0 Å². The van der Waals surface area contributed by atoms with E-state index in [0.29, 0.717) is 17.2 Å². The van der Waals surface area contributed by atoms with Crippen molar-refractivity contribution in [1.29, 1.82) is 0 Å². The highest BCUT2D eigenvalue weighted by molar-refractivity contribution is 8.13. The molecule has 26 heavy (non-hydrogen) atoms. The zero-order chi connectivity index (χ0) is 18.7. The number of halogens is 1. The maximum absolute atomic E-state index is 14.6. The van der Waals surface area contributed by atoms with Crippen molar-refractivity contribution in [1.82, 2.24) is 4.98 Å². The maximum atomic E-state index is 14.6. The van der Waals surface area contributed by atoms with E-state index in [-0.39, 0.29) is 11.9 Å². The third kappa shape index (κ3) is 4.18. The average Bonchev–Trinajstić information content (AvgIpc) is 2.57. The number of pyridine rings is 1. The number of thioether (sulfide) groups is 1. The molecule has 0 bridgehead atoms. The number of nitrogens with zero attached hydrogens (tertiary/aromatic N) is 2. The van der Waals surface area contributed by atoms with Crippen molar-refractivity contribution in [3.8, 4) is 5.75 Å². The van der Waals surface area contributed by atoms with Crippen LogP contribution in [-0.4, -0.2) is 22.0 Å². The van der Waals surface area contributed by atoms with E-state index < -0.39 is 5.54 Å². The molecule has 1 aromatic carbocycles. The van der Waals surface area contributed by atoms with Crippen LogP contribution in [0.5, 0.6) is 5.75 Å². The number of nitrogens with two attached hydrogens (primary N) is 1. The first kappa shape index (κ1) is 18.7. The van der Waals surface area contributed by atoms with Crippen molar-refractivity contribution < 1.29 is 9.13 Å². The number of hydrogen-bond donors (Lipinski definition) is 1. The average molecular weight is 373 g/mol. The van der Waals surface area contributed by atoms with Crippen LogP contribution in [0.1, 0.15) is 44.0 Å². The van der Waals surface area contributed by atoms with Gasteiger partial charge in [0.1, 0.15) is 11.6 Å². The summed E-state index contributed by atoms with van der Waals surface area (Å²) in [6.07, 6.45) is 3.14. The van der Waals surface area contributed by atoms with Gasteiger partial charge in [-0.25, -0.2) is 4.39 Å². The van der Waals surface area contributed by atoms with Crippen molar-refractivity contribution >= 4 is 16.9 Å². The van der Waals surface area contributed by atoms with Gasteiger partial charge in [-0.3, -0.25) is 9.98 Å². The molecular weight excluding hydrogens is 349 g/mol. The lowest BCUT2D eigenvalue weighted by atomic mass is 9.87. The first-order chi connectivity index (χ1) is 12.4. The van der Waals surface area contributed by atoms with Gasteiger partial charge < -0.3 is 10.5 Å². The summed E-state index contributed by atoms with van der Waals surface area (Å²) in [6.45, 7) is 5.91. The summed E-state index contributed by atoms with van der Waals surface area (Å²) in [5.41, 5.74) is 7.66. The molecule has 2 aromatic rings. The van der Waals surface area contributed by atoms with Gasteiger partial charge in [0.15, 0.2) is 5.17 Å². The molecule has 0 spiro atoms. The molecule has 4 nitrogen and oxygen atoms in total. The Balaban J connectivity index is 1.93. The second-order valence-corrected chi connectivity index (χ2v) is 8.04. The maximum Gasteiger partial charge on any atom is 0.154 e. The topological polar surface area (TPSA) is 60.5 Å². The quantitative estimate of drug-likeness (QED) is 0.850. The predicted octanol–water partition coefficient (Wildman–Crippen LogP) is 4.27. The molecule has 2 heterocycles. The van der Waals surface area contributed by atoms with Crippen molar-refractivity contribution in [2.24, 2.45) is 10.7 Å². The molecular formula is C20H24FN3OS. The molecule has 138 valence electrons. The molecule has 0 saturated heterocycles. The lowest BCUT2D eigenvalue weighted by Gasteiger charge is -2.30. The van der Waals surface area contributed by atoms with Crippen molar-refractivity contribution in [3.05, 3.63) is 59.2 Å². The van der Waals surface area contributed by atoms with E-state index in [1.165, 1.54) is 17.8 Å². The van der Waals surface area contributed by atoms with Gasteiger partial charge in [-0.15, -0.1) is 0 Å². The van der Waals surface area contributed by atoms with Crippen molar-refractivity contribution in [3.63, 3.8) is 0 Å². The Morgan fingerprint density at radius 3 is 2.88 bits per heavy atom. The normalized spacial score (nSPS) is 20.1. The molecule has 2 N–H and O–H groups in total. The summed E-state index contributed by atoms with van der Waals surface area (Å²) >= 11 is 1.51. The van der Waals surface area contributed by atoms with Crippen LogP contribution >= 0.6 is 11.8 Å². The summed E-state index contributed by atoms with van der Waals surface area (Å²) in [7, 11) is 0. The molecule has 0 radical (unpaired) electrons. The fourth-order valence-electron chi connectivity index (χ4n) is 3.09. The molecule has 1 aliphatic rings. The molecule has 0 unspecified atom stereocenters. The van der Waals surface area contributed by atoms with E-state index in [4.69, 9.17) is 10.5 Å². The molecule has 1 aromatic heterocycles. The lowest BCUT2D eigenvalue weighted by Crippen LogP contribution is -2.29. The molecule has 3 rings (SSSR count). The first-order valence-corrected chi connectivity index (χ1v) is 9.73. The second-order valence-electron chi connectivity index (χ2n) is 6.93. The fourth-order valence-corrected chi connectivity index (χ4v) is 4.06. The fraction of sp³-hybridized carbons (Fsp3) is 0.400. The van der Waals surface area contributed by atoms with Gasteiger partial charge in [0.05, 0.1) is 17.3 Å². The van der Waals surface area contributed by atoms with E-state index in [2.05, 4.69) is 9.98 Å². The van der Waals surface area contributed by atoms with Gasteiger partial charge in [0.25, 0.3) is 0 Å². The highest BCUT2D eigenvalue weighted by atomic mass is 32.2. The first-order valence-electron chi connectivity index (χ1n) is 8.75. The Labute approximate surface area is 158 Å². The van der Waals surface area contributed by atoms with E-state index in [9.17, 15) is 4.39 Å². The number of aliphatic imine (C=N–C) groups is 1. The predicted molar refractivity (Wildman–Crippen MR) is 105 cm³/mol. The van der Waals surface area contributed by atoms with Gasteiger partial charge in [0.2, 0.25) is 0 Å². The lowest BCUT2D eigenvalue weighted by molar-refractivity contribution is 0.239. The van der Waals surface area contributed by atoms with Crippen LogP contribution in [0.25, 0.3) is 0 Å². The summed E-state index contributed by atoms with van der Waals surface area (Å²) in [5, 5.41) is 0.515. The van der Waals surface area contributed by atoms with Crippen LogP contribution in [-0.2, 0) is 12.0 Å². The van der Waals surface area contributed by atoms with Gasteiger partial charge in [0, 0.05) is 23.9 Å². The SMILES string of the molecule is CC(C)Oc1cccnc1Cc1ccc(F)c([C@]2(C)CCSC(N)=N2)c1. The molecule has 1 atom stereocenters. The number of rotatable bonds is 5. The minimum absolute atomic E-state index is 0.0673. The minimum atomic E-state index is -0.628. The van der Waals surface area contributed by atoms with Crippen LogP contribution in [0.2, 0.25) is 0 Å². The molecule has 0 aliphatic carbocycles. The van der Waals surface area contributed by atoms with Gasteiger partial charge >= 0.3 is 0 Å². The minimum Gasteiger partial charge on any atom is -0.489 e. The van der Waals surface area contributed by atoms with Crippen LogP contribution in [0, 0.1) is 5.82 Å². The molecule has 0 saturated carbocycles. The van der Waals surface area contributed by atoms with E-state index in [1.54, 1.807) is 12.3 Å². The number of aromatic nitrogens is 1. The zero-order valence-electron chi connectivity index (χ0n) is 15.3. The molecule has 0 fully saturated rings. The van der Waals surface area contributed by atoms with E-state index in [0.717, 1.165) is 29.2 Å². The smallest absolute Gasteiger partial charge is 0.154 e. The number of benzene rings is 1. The Morgan fingerprint density at radius 1 is 1.35 bits per heavy atom.